The van der Waals surface area contributed by atoms with Gasteiger partial charge in [-0.2, -0.15) is 0 Å². The molecule has 0 aromatic heterocycles. The molecule has 0 spiro atoms. The highest BCUT2D eigenvalue weighted by Gasteiger charge is 2.47. The molecule has 0 aliphatic rings. The van der Waals surface area contributed by atoms with E-state index in [1.54, 1.807) is 40.8 Å². The molecule has 0 bridgehead atoms. The van der Waals surface area contributed by atoms with Crippen LogP contribution in [0, 0.1) is 16.2 Å². The van der Waals surface area contributed by atoms with E-state index in [2.05, 4.69) is 0 Å². The van der Waals surface area contributed by atoms with E-state index in [4.69, 9.17) is 18.3 Å². The quantitative estimate of drug-likeness (QED) is 0.246. The lowest BCUT2D eigenvalue weighted by molar-refractivity contribution is -0.321. The van der Waals surface area contributed by atoms with Gasteiger partial charge in [-0.25, -0.2) is 0 Å². The summed E-state index contributed by atoms with van der Waals surface area (Å²) in [7, 11) is 0.318. The van der Waals surface area contributed by atoms with Crippen molar-refractivity contribution in [1.82, 2.24) is 0 Å². The number of hydrogen-bond acceptors (Lipinski definition) is 8. The zero-order chi connectivity index (χ0) is 23.1. The number of esters is 1. The summed E-state index contributed by atoms with van der Waals surface area (Å²) >= 11 is 0. The normalized spacial score (nSPS) is 16.4. The first-order valence-corrected chi connectivity index (χ1v) is 12.6. The zero-order valence-electron chi connectivity index (χ0n) is 19.3. The number of carbonyl (C=O) groups excluding carboxylic acids is 3. The van der Waals surface area contributed by atoms with E-state index in [0.717, 1.165) is 0 Å². The van der Waals surface area contributed by atoms with Crippen molar-refractivity contribution in [1.29, 1.82) is 0 Å². The fraction of sp³-hybridized carbons (Fsp3) is 0.850. The van der Waals surface area contributed by atoms with Crippen LogP contribution in [0.2, 0.25) is 13.1 Å². The largest absolute Gasteiger partial charge is 0.550 e. The van der Waals surface area contributed by atoms with Crippen molar-refractivity contribution >= 4 is 26.5 Å². The fourth-order valence-corrected chi connectivity index (χ4v) is 4.03. The van der Waals surface area contributed by atoms with Crippen LogP contribution in [-0.2, 0) is 32.7 Å². The third kappa shape index (κ3) is 8.06. The molecular weight excluding hydrogens is 396 g/mol. The smallest absolute Gasteiger partial charge is 0.394 e. The molecule has 29 heavy (non-hydrogen) atoms. The van der Waals surface area contributed by atoms with Gasteiger partial charge in [-0.15, -0.1) is 0 Å². The van der Waals surface area contributed by atoms with Gasteiger partial charge in [-0.05, 0) is 53.1 Å². The summed E-state index contributed by atoms with van der Waals surface area (Å²) in [4.78, 5) is 37.4. The minimum Gasteiger partial charge on any atom is -0.550 e. The lowest BCUT2D eigenvalue weighted by atomic mass is 9.65. The Balaban J connectivity index is 5.61. The van der Waals surface area contributed by atoms with Crippen LogP contribution < -0.4 is 5.11 Å². The molecule has 0 aromatic carbocycles. The van der Waals surface area contributed by atoms with Crippen LogP contribution in [0.3, 0.4) is 0 Å². The number of carboxylic acid groups (broad SMARTS) is 1. The van der Waals surface area contributed by atoms with Crippen molar-refractivity contribution in [3.63, 3.8) is 0 Å². The third-order valence-corrected chi connectivity index (χ3v) is 6.94. The number of rotatable bonds is 13. The molecule has 2 unspecified atom stereocenters. The first kappa shape index (κ1) is 27.5. The van der Waals surface area contributed by atoms with Crippen molar-refractivity contribution in [2.24, 2.45) is 16.2 Å². The highest BCUT2D eigenvalue weighted by Crippen LogP contribution is 2.45. The Kier molecular flexibility index (Phi) is 10.0. The molecule has 0 N–H and O–H groups in total. The molecule has 0 fully saturated rings. The van der Waals surface area contributed by atoms with E-state index in [1.165, 1.54) is 21.1 Å². The lowest BCUT2D eigenvalue weighted by Gasteiger charge is -2.42. The summed E-state index contributed by atoms with van der Waals surface area (Å²) < 4.78 is 20.9. The topological polar surface area (TPSA) is 111 Å². The molecule has 170 valence electrons. The summed E-state index contributed by atoms with van der Waals surface area (Å²) in [5.74, 6) is -2.37. The molecular formula is C20H37O8Si-. The molecule has 0 rings (SSSR count). The minimum absolute atomic E-state index is 0.0410. The Morgan fingerprint density at radius 3 is 1.86 bits per heavy atom. The van der Waals surface area contributed by atoms with Crippen LogP contribution in [0.15, 0.2) is 0 Å². The standard InChI is InChI=1S/C20H38O8Si/c1-10-19(4,17(24)28-29(8,9)26-7)14-20(5,15(21)22)13-18(2,3)16(23)27-12-11-25-6/h10-14H2,1-9H3,(H,21,22)/p-1. The van der Waals surface area contributed by atoms with Gasteiger partial charge in [-0.3, -0.25) is 9.59 Å². The molecule has 0 saturated heterocycles. The fourth-order valence-electron chi connectivity index (χ4n) is 3.26. The Morgan fingerprint density at radius 2 is 1.45 bits per heavy atom. The van der Waals surface area contributed by atoms with E-state index >= 15 is 0 Å². The van der Waals surface area contributed by atoms with E-state index < -0.39 is 42.7 Å². The number of carbonyl (C=O) groups is 3. The highest BCUT2D eigenvalue weighted by atomic mass is 28.4. The van der Waals surface area contributed by atoms with Crippen molar-refractivity contribution in [2.45, 2.75) is 67.0 Å². The van der Waals surface area contributed by atoms with Gasteiger partial charge >= 0.3 is 14.5 Å². The summed E-state index contributed by atoms with van der Waals surface area (Å²) in [6, 6.07) is 0. The van der Waals surface area contributed by atoms with Crippen LogP contribution in [0.25, 0.3) is 0 Å². The summed E-state index contributed by atoms with van der Waals surface area (Å²) in [6.45, 7) is 12.0. The van der Waals surface area contributed by atoms with Gasteiger partial charge in [-0.1, -0.05) is 13.8 Å². The maximum atomic E-state index is 12.9. The van der Waals surface area contributed by atoms with E-state index in [0.29, 0.717) is 6.42 Å². The van der Waals surface area contributed by atoms with Gasteiger partial charge in [0.15, 0.2) is 0 Å². The van der Waals surface area contributed by atoms with Gasteiger partial charge in [0.25, 0.3) is 5.97 Å². The van der Waals surface area contributed by atoms with Crippen molar-refractivity contribution < 1.29 is 37.8 Å². The van der Waals surface area contributed by atoms with Crippen molar-refractivity contribution in [3.05, 3.63) is 0 Å². The van der Waals surface area contributed by atoms with Crippen LogP contribution in [-0.4, -0.2) is 53.9 Å². The number of aliphatic carboxylic acids is 1. The average molecular weight is 434 g/mol. The monoisotopic (exact) mass is 433 g/mol. The predicted molar refractivity (Wildman–Crippen MR) is 108 cm³/mol. The first-order valence-electron chi connectivity index (χ1n) is 9.75. The minimum atomic E-state index is -2.65. The number of ether oxygens (including phenoxy) is 2. The van der Waals surface area contributed by atoms with E-state index in [1.807, 2.05) is 0 Å². The van der Waals surface area contributed by atoms with Gasteiger partial charge in [0.05, 0.1) is 17.4 Å². The molecule has 0 heterocycles. The average Bonchev–Trinajstić information content (AvgIpc) is 2.60. The first-order chi connectivity index (χ1) is 13.1. The van der Waals surface area contributed by atoms with Crippen LogP contribution >= 0.6 is 0 Å². The highest BCUT2D eigenvalue weighted by molar-refractivity contribution is 6.66. The molecule has 0 radical (unpaired) electrons. The molecule has 9 heteroatoms. The summed E-state index contributed by atoms with van der Waals surface area (Å²) in [5.41, 5.74) is -3.62. The van der Waals surface area contributed by atoms with E-state index in [-0.39, 0.29) is 26.1 Å². The molecule has 0 aliphatic heterocycles. The maximum absolute atomic E-state index is 12.9. The Hall–Kier alpha value is -1.45. The van der Waals surface area contributed by atoms with Crippen molar-refractivity contribution in [3.8, 4) is 0 Å². The SMILES string of the molecule is CCC(C)(CC(C)(CC(C)(C)C(=O)OCCOC)C(=O)[O-])C(=O)O[Si](C)(C)OC. The van der Waals surface area contributed by atoms with Crippen LogP contribution in [0.5, 0.6) is 0 Å². The van der Waals surface area contributed by atoms with Crippen LogP contribution in [0.1, 0.15) is 53.9 Å². The predicted octanol–water partition coefficient (Wildman–Crippen LogP) is 2.05. The Labute approximate surface area is 175 Å². The van der Waals surface area contributed by atoms with Gasteiger partial charge in [0.1, 0.15) is 6.61 Å². The molecule has 2 atom stereocenters. The summed E-state index contributed by atoms with van der Waals surface area (Å²) in [6.07, 6.45) is 0.268. The van der Waals surface area contributed by atoms with Crippen molar-refractivity contribution in [2.75, 3.05) is 27.4 Å². The van der Waals surface area contributed by atoms with Crippen LogP contribution in [0.4, 0.5) is 0 Å². The molecule has 0 aliphatic carbocycles. The van der Waals surface area contributed by atoms with Gasteiger partial charge < -0.3 is 28.2 Å². The molecule has 8 nitrogen and oxygen atoms in total. The molecule has 0 amide bonds. The number of carboxylic acids is 1. The Bertz CT molecular complexity index is 589. The van der Waals surface area contributed by atoms with E-state index in [9.17, 15) is 19.5 Å². The lowest BCUT2D eigenvalue weighted by Crippen LogP contribution is -2.50. The molecule has 0 saturated carbocycles. The zero-order valence-corrected chi connectivity index (χ0v) is 20.3. The number of methoxy groups -OCH3 is 1. The second-order valence-electron chi connectivity index (χ2n) is 9.12. The third-order valence-electron chi connectivity index (χ3n) is 5.28. The maximum Gasteiger partial charge on any atom is 0.394 e. The second-order valence-corrected chi connectivity index (χ2v) is 12.5. The van der Waals surface area contributed by atoms with Gasteiger partial charge in [0, 0.05) is 25.6 Å². The molecule has 0 aromatic rings. The summed E-state index contributed by atoms with van der Waals surface area (Å²) in [5, 5.41) is 12.1. The number of hydrogen-bond donors (Lipinski definition) is 0. The second kappa shape index (κ2) is 10.5. The van der Waals surface area contributed by atoms with Gasteiger partial charge in [0.2, 0.25) is 0 Å². The Morgan fingerprint density at radius 1 is 0.897 bits per heavy atom.